The van der Waals surface area contributed by atoms with Crippen molar-refractivity contribution in [3.8, 4) is 10.8 Å². The number of rotatable bonds is 2. The molecular weight excluding hydrogens is 210 g/mol. The molecule has 1 atom stereocenters. The second kappa shape index (κ2) is 3.75. The van der Waals surface area contributed by atoms with E-state index in [1.807, 2.05) is 17.5 Å². The third kappa shape index (κ3) is 1.68. The number of nitrogens with one attached hydrogen (secondary N) is 1. The van der Waals surface area contributed by atoms with E-state index in [0.717, 1.165) is 30.2 Å². The van der Waals surface area contributed by atoms with Crippen molar-refractivity contribution >= 4 is 11.3 Å². The van der Waals surface area contributed by atoms with Crippen molar-refractivity contribution in [2.75, 3.05) is 13.1 Å². The highest BCUT2D eigenvalue weighted by Gasteiger charge is 2.22. The highest BCUT2D eigenvalue weighted by atomic mass is 32.1. The molecular formula is C10H11N3OS. The second-order valence-electron chi connectivity index (χ2n) is 3.62. The molecule has 15 heavy (non-hydrogen) atoms. The summed E-state index contributed by atoms with van der Waals surface area (Å²) in [6, 6.07) is 3.98. The van der Waals surface area contributed by atoms with Gasteiger partial charge in [0.05, 0.1) is 4.88 Å². The van der Waals surface area contributed by atoms with Gasteiger partial charge in [-0.2, -0.15) is 4.98 Å². The van der Waals surface area contributed by atoms with Gasteiger partial charge in [0.25, 0.3) is 5.89 Å². The van der Waals surface area contributed by atoms with Gasteiger partial charge in [0, 0.05) is 12.5 Å². The monoisotopic (exact) mass is 221 g/mol. The zero-order chi connectivity index (χ0) is 10.1. The minimum absolute atomic E-state index is 0.419. The standard InChI is InChI=1S/C10H11N3OS/c1-2-8(15-5-1)10-12-9(13-14-10)7-3-4-11-6-7/h1-2,5,7,11H,3-4,6H2/t7-/m1/s1. The number of nitrogens with zero attached hydrogens (tertiary/aromatic N) is 2. The molecule has 2 aromatic rings. The Balaban J connectivity index is 1.87. The van der Waals surface area contributed by atoms with Gasteiger partial charge in [-0.05, 0) is 24.4 Å². The summed E-state index contributed by atoms with van der Waals surface area (Å²) in [5, 5.41) is 9.34. The maximum absolute atomic E-state index is 5.24. The van der Waals surface area contributed by atoms with E-state index in [-0.39, 0.29) is 0 Å². The van der Waals surface area contributed by atoms with E-state index in [2.05, 4.69) is 15.5 Å². The first-order valence-corrected chi connectivity index (χ1v) is 5.89. The Morgan fingerprint density at radius 3 is 3.27 bits per heavy atom. The highest BCUT2D eigenvalue weighted by molar-refractivity contribution is 7.13. The molecule has 1 N–H and O–H groups in total. The number of aromatic nitrogens is 2. The zero-order valence-corrected chi connectivity index (χ0v) is 8.96. The van der Waals surface area contributed by atoms with Crippen LogP contribution in [0.5, 0.6) is 0 Å². The van der Waals surface area contributed by atoms with Crippen LogP contribution in [0.4, 0.5) is 0 Å². The molecule has 1 fully saturated rings. The molecule has 78 valence electrons. The van der Waals surface area contributed by atoms with Crippen LogP contribution in [0.3, 0.4) is 0 Å². The summed E-state index contributed by atoms with van der Waals surface area (Å²) in [5.41, 5.74) is 0. The van der Waals surface area contributed by atoms with Crippen molar-refractivity contribution in [3.63, 3.8) is 0 Å². The maximum atomic E-state index is 5.24. The Morgan fingerprint density at radius 2 is 2.53 bits per heavy atom. The summed E-state index contributed by atoms with van der Waals surface area (Å²) < 4.78 is 5.24. The van der Waals surface area contributed by atoms with Gasteiger partial charge in [-0.3, -0.25) is 0 Å². The summed E-state index contributed by atoms with van der Waals surface area (Å²) in [4.78, 5) is 5.47. The van der Waals surface area contributed by atoms with Gasteiger partial charge in [0.2, 0.25) is 0 Å². The van der Waals surface area contributed by atoms with Crippen LogP contribution in [-0.4, -0.2) is 23.2 Å². The fraction of sp³-hybridized carbons (Fsp3) is 0.400. The van der Waals surface area contributed by atoms with Crippen LogP contribution in [0.1, 0.15) is 18.2 Å². The summed E-state index contributed by atoms with van der Waals surface area (Å²) in [5.74, 6) is 1.90. The molecule has 1 saturated heterocycles. The lowest BCUT2D eigenvalue weighted by atomic mass is 10.1. The van der Waals surface area contributed by atoms with E-state index in [1.165, 1.54) is 0 Å². The van der Waals surface area contributed by atoms with Gasteiger partial charge in [0.15, 0.2) is 5.82 Å². The molecule has 0 saturated carbocycles. The summed E-state index contributed by atoms with van der Waals surface area (Å²) in [7, 11) is 0. The van der Waals surface area contributed by atoms with Crippen molar-refractivity contribution < 1.29 is 4.52 Å². The molecule has 1 aliphatic heterocycles. The van der Waals surface area contributed by atoms with Crippen LogP contribution in [0.15, 0.2) is 22.0 Å². The van der Waals surface area contributed by atoms with Crippen molar-refractivity contribution in [1.29, 1.82) is 0 Å². The molecule has 0 bridgehead atoms. The van der Waals surface area contributed by atoms with Crippen LogP contribution in [0, 0.1) is 0 Å². The Labute approximate surface area is 91.3 Å². The van der Waals surface area contributed by atoms with Crippen molar-refractivity contribution in [1.82, 2.24) is 15.5 Å². The third-order valence-electron chi connectivity index (χ3n) is 2.60. The lowest BCUT2D eigenvalue weighted by Crippen LogP contribution is -2.08. The average molecular weight is 221 g/mol. The number of thiophene rings is 1. The molecule has 0 unspecified atom stereocenters. The largest absolute Gasteiger partial charge is 0.333 e. The first-order chi connectivity index (χ1) is 7.43. The summed E-state index contributed by atoms with van der Waals surface area (Å²) >= 11 is 1.62. The van der Waals surface area contributed by atoms with Crippen LogP contribution >= 0.6 is 11.3 Å². The fourth-order valence-electron chi connectivity index (χ4n) is 1.78. The van der Waals surface area contributed by atoms with Gasteiger partial charge >= 0.3 is 0 Å². The molecule has 3 rings (SSSR count). The zero-order valence-electron chi connectivity index (χ0n) is 8.14. The maximum Gasteiger partial charge on any atom is 0.267 e. The smallest absolute Gasteiger partial charge is 0.267 e. The van der Waals surface area contributed by atoms with Gasteiger partial charge in [-0.25, -0.2) is 0 Å². The number of hydrogen-bond acceptors (Lipinski definition) is 5. The average Bonchev–Trinajstić information content (AvgIpc) is 3.02. The Bertz CT molecular complexity index is 431. The Kier molecular flexibility index (Phi) is 2.26. The molecule has 4 nitrogen and oxygen atoms in total. The molecule has 1 aliphatic rings. The quantitative estimate of drug-likeness (QED) is 0.841. The fourth-order valence-corrected chi connectivity index (χ4v) is 2.42. The lowest BCUT2D eigenvalue weighted by Gasteiger charge is -1.98. The minimum Gasteiger partial charge on any atom is -0.333 e. The third-order valence-corrected chi connectivity index (χ3v) is 3.46. The predicted octanol–water partition coefficient (Wildman–Crippen LogP) is 1.87. The van der Waals surface area contributed by atoms with Crippen molar-refractivity contribution in [2.45, 2.75) is 12.3 Å². The first kappa shape index (κ1) is 9.06. The van der Waals surface area contributed by atoms with E-state index in [0.29, 0.717) is 11.8 Å². The van der Waals surface area contributed by atoms with Crippen LogP contribution in [0.2, 0.25) is 0 Å². The van der Waals surface area contributed by atoms with Gasteiger partial charge < -0.3 is 9.84 Å². The molecule has 5 heteroatoms. The molecule has 0 spiro atoms. The van der Waals surface area contributed by atoms with E-state index in [4.69, 9.17) is 4.52 Å². The Hall–Kier alpha value is -1.20. The van der Waals surface area contributed by atoms with Crippen molar-refractivity contribution in [2.24, 2.45) is 0 Å². The lowest BCUT2D eigenvalue weighted by molar-refractivity contribution is 0.418. The SMILES string of the molecule is c1csc(-c2nc([C@@H]3CCNC3)no2)c1. The normalized spacial score (nSPS) is 20.9. The van der Waals surface area contributed by atoms with Crippen LogP contribution in [0.25, 0.3) is 10.8 Å². The van der Waals surface area contributed by atoms with Gasteiger partial charge in [-0.15, -0.1) is 11.3 Å². The molecule has 0 aliphatic carbocycles. The predicted molar refractivity (Wildman–Crippen MR) is 57.8 cm³/mol. The summed E-state index contributed by atoms with van der Waals surface area (Å²) in [6.45, 7) is 2.01. The second-order valence-corrected chi connectivity index (χ2v) is 4.57. The summed E-state index contributed by atoms with van der Waals surface area (Å²) in [6.07, 6.45) is 1.10. The van der Waals surface area contributed by atoms with E-state index in [9.17, 15) is 0 Å². The van der Waals surface area contributed by atoms with Gasteiger partial charge in [0.1, 0.15) is 0 Å². The highest BCUT2D eigenvalue weighted by Crippen LogP contribution is 2.26. The topological polar surface area (TPSA) is 51.0 Å². The first-order valence-electron chi connectivity index (χ1n) is 5.01. The van der Waals surface area contributed by atoms with E-state index < -0.39 is 0 Å². The molecule has 0 radical (unpaired) electrons. The molecule has 3 heterocycles. The van der Waals surface area contributed by atoms with Crippen molar-refractivity contribution in [3.05, 3.63) is 23.3 Å². The molecule has 0 amide bonds. The van der Waals surface area contributed by atoms with Crippen LogP contribution < -0.4 is 5.32 Å². The van der Waals surface area contributed by atoms with Gasteiger partial charge in [-0.1, -0.05) is 11.2 Å². The molecule has 2 aromatic heterocycles. The Morgan fingerprint density at radius 1 is 1.53 bits per heavy atom. The minimum atomic E-state index is 0.419. The van der Waals surface area contributed by atoms with E-state index in [1.54, 1.807) is 11.3 Å². The van der Waals surface area contributed by atoms with Crippen LogP contribution in [-0.2, 0) is 0 Å². The number of hydrogen-bond donors (Lipinski definition) is 1. The van der Waals surface area contributed by atoms with E-state index >= 15 is 0 Å². The molecule has 0 aromatic carbocycles.